The summed E-state index contributed by atoms with van der Waals surface area (Å²) in [6.45, 7) is 2.99. The molecule has 2 aromatic rings. The number of carbonyl (C=O) groups excluding carboxylic acids is 3. The number of carbonyl (C=O) groups is 3. The van der Waals surface area contributed by atoms with Crippen molar-refractivity contribution in [2.24, 2.45) is 0 Å². The molecular weight excluding hydrogens is 494 g/mol. The summed E-state index contributed by atoms with van der Waals surface area (Å²) >= 11 is 0. The van der Waals surface area contributed by atoms with Crippen molar-refractivity contribution in [1.82, 2.24) is 15.1 Å². The molecule has 2 aliphatic rings. The highest BCUT2D eigenvalue weighted by atomic mass is 19.4. The van der Waals surface area contributed by atoms with E-state index >= 15 is 0 Å². The average Bonchev–Trinajstić information content (AvgIpc) is 2.86. The van der Waals surface area contributed by atoms with Crippen molar-refractivity contribution < 1.29 is 31.9 Å². The lowest BCUT2D eigenvalue weighted by atomic mass is 10.1. The van der Waals surface area contributed by atoms with Crippen molar-refractivity contribution in [3.05, 3.63) is 59.9 Å². The zero-order valence-corrected chi connectivity index (χ0v) is 19.9. The molecule has 2 saturated heterocycles. The minimum atomic E-state index is -4.56. The van der Waals surface area contributed by atoms with E-state index in [1.807, 2.05) is 4.90 Å². The first-order valence-corrected chi connectivity index (χ1v) is 11.9. The second kappa shape index (κ2) is 11.2. The van der Waals surface area contributed by atoms with Gasteiger partial charge < -0.3 is 20.4 Å². The van der Waals surface area contributed by atoms with Gasteiger partial charge in [-0.2, -0.15) is 13.2 Å². The predicted octanol–water partition coefficient (Wildman–Crippen LogP) is 2.32. The molecular formula is C25H27F4N5O3. The molecule has 1 unspecified atom stereocenters. The SMILES string of the molecule is O=C(CC1C(=O)NCCN1C(=O)CN1CCN(c2ccc(F)cc2)CC1)Nc1cccc(C(F)(F)F)c1. The number of alkyl halides is 3. The molecule has 0 spiro atoms. The number of nitrogens with one attached hydrogen (secondary N) is 2. The maximum atomic E-state index is 13.2. The van der Waals surface area contributed by atoms with Crippen molar-refractivity contribution in [1.29, 1.82) is 0 Å². The van der Waals surface area contributed by atoms with Crippen LogP contribution in [0.5, 0.6) is 0 Å². The highest BCUT2D eigenvalue weighted by Crippen LogP contribution is 2.30. The summed E-state index contributed by atoms with van der Waals surface area (Å²) in [6.07, 6.45) is -4.94. The van der Waals surface area contributed by atoms with Crippen LogP contribution in [0.2, 0.25) is 0 Å². The van der Waals surface area contributed by atoms with E-state index in [1.165, 1.54) is 29.2 Å². The number of hydrogen-bond donors (Lipinski definition) is 2. The molecule has 1 atom stereocenters. The third-order valence-electron chi connectivity index (χ3n) is 6.43. The minimum absolute atomic E-state index is 0.0482. The monoisotopic (exact) mass is 521 g/mol. The molecule has 0 aromatic heterocycles. The fourth-order valence-corrected chi connectivity index (χ4v) is 4.48. The van der Waals surface area contributed by atoms with Crippen LogP contribution in [0.15, 0.2) is 48.5 Å². The van der Waals surface area contributed by atoms with Crippen LogP contribution < -0.4 is 15.5 Å². The summed E-state index contributed by atoms with van der Waals surface area (Å²) in [7, 11) is 0. The van der Waals surface area contributed by atoms with Crippen molar-refractivity contribution >= 4 is 29.1 Å². The number of benzene rings is 2. The summed E-state index contributed by atoms with van der Waals surface area (Å²) in [5, 5.41) is 5.03. The number of anilines is 2. The molecule has 0 bridgehead atoms. The molecule has 2 aliphatic heterocycles. The lowest BCUT2D eigenvalue weighted by molar-refractivity contribution is -0.145. The van der Waals surface area contributed by atoms with E-state index in [0.717, 1.165) is 17.8 Å². The zero-order chi connectivity index (χ0) is 26.6. The Labute approximate surface area is 211 Å². The molecule has 0 radical (unpaired) electrons. The Kier molecular flexibility index (Phi) is 7.96. The lowest BCUT2D eigenvalue weighted by Gasteiger charge is -2.39. The maximum Gasteiger partial charge on any atom is 0.416 e. The first kappa shape index (κ1) is 26.4. The Morgan fingerprint density at radius 3 is 2.38 bits per heavy atom. The summed E-state index contributed by atoms with van der Waals surface area (Å²) < 4.78 is 52.0. The number of halogens is 4. The molecule has 8 nitrogen and oxygen atoms in total. The highest BCUT2D eigenvalue weighted by Gasteiger charge is 2.36. The third-order valence-corrected chi connectivity index (χ3v) is 6.43. The quantitative estimate of drug-likeness (QED) is 0.571. The Balaban J connectivity index is 1.33. The van der Waals surface area contributed by atoms with Gasteiger partial charge in [0, 0.05) is 50.6 Å². The van der Waals surface area contributed by atoms with Crippen LogP contribution in [0.1, 0.15) is 12.0 Å². The van der Waals surface area contributed by atoms with Gasteiger partial charge in [0.15, 0.2) is 0 Å². The van der Waals surface area contributed by atoms with E-state index in [9.17, 15) is 31.9 Å². The standard InChI is InChI=1S/C25H27F4N5O3/c26-18-4-6-20(7-5-18)33-12-10-32(11-13-33)16-23(36)34-9-8-30-24(37)21(34)15-22(35)31-19-3-1-2-17(14-19)25(27,28)29/h1-7,14,21H,8-13,15-16H2,(H,30,37)(H,31,35). The molecule has 2 fully saturated rings. The van der Waals surface area contributed by atoms with Gasteiger partial charge in [-0.05, 0) is 42.5 Å². The van der Waals surface area contributed by atoms with Crippen molar-refractivity contribution in [2.45, 2.75) is 18.6 Å². The van der Waals surface area contributed by atoms with Gasteiger partial charge in [0.05, 0.1) is 18.5 Å². The molecule has 12 heteroatoms. The first-order valence-electron chi connectivity index (χ1n) is 11.9. The zero-order valence-electron chi connectivity index (χ0n) is 19.9. The number of rotatable bonds is 6. The first-order chi connectivity index (χ1) is 17.6. The van der Waals surface area contributed by atoms with Gasteiger partial charge in [-0.3, -0.25) is 19.3 Å². The van der Waals surface area contributed by atoms with Gasteiger partial charge in [-0.25, -0.2) is 4.39 Å². The Hall–Kier alpha value is -3.67. The lowest BCUT2D eigenvalue weighted by Crippen LogP contribution is -2.60. The molecule has 3 amide bonds. The number of piperazine rings is 2. The largest absolute Gasteiger partial charge is 0.416 e. The minimum Gasteiger partial charge on any atom is -0.369 e. The fourth-order valence-electron chi connectivity index (χ4n) is 4.48. The third kappa shape index (κ3) is 6.76. The van der Waals surface area contributed by atoms with Crippen molar-refractivity contribution in [3.63, 3.8) is 0 Å². The molecule has 4 rings (SSSR count). The average molecular weight is 522 g/mol. The maximum absolute atomic E-state index is 13.2. The van der Waals surface area contributed by atoms with E-state index in [1.54, 1.807) is 12.1 Å². The second-order valence-corrected chi connectivity index (χ2v) is 8.96. The Bertz CT molecular complexity index is 1130. The topological polar surface area (TPSA) is 85.0 Å². The van der Waals surface area contributed by atoms with E-state index in [2.05, 4.69) is 15.5 Å². The molecule has 37 heavy (non-hydrogen) atoms. The fraction of sp³-hybridized carbons (Fsp3) is 0.400. The van der Waals surface area contributed by atoms with Gasteiger partial charge in [-0.1, -0.05) is 6.07 Å². The molecule has 2 aromatic carbocycles. The molecule has 2 heterocycles. The van der Waals surface area contributed by atoms with Gasteiger partial charge in [0.1, 0.15) is 11.9 Å². The summed E-state index contributed by atoms with van der Waals surface area (Å²) in [4.78, 5) is 43.6. The Morgan fingerprint density at radius 2 is 1.70 bits per heavy atom. The number of hydrogen-bond acceptors (Lipinski definition) is 5. The van der Waals surface area contributed by atoms with Crippen molar-refractivity contribution in [3.8, 4) is 0 Å². The van der Waals surface area contributed by atoms with E-state index in [-0.39, 0.29) is 43.5 Å². The number of amides is 3. The predicted molar refractivity (Wildman–Crippen MR) is 128 cm³/mol. The van der Waals surface area contributed by atoms with Crippen LogP contribution in [-0.4, -0.2) is 79.4 Å². The molecule has 198 valence electrons. The van der Waals surface area contributed by atoms with Gasteiger partial charge in [0.2, 0.25) is 17.7 Å². The Morgan fingerprint density at radius 1 is 1.00 bits per heavy atom. The molecule has 2 N–H and O–H groups in total. The summed E-state index contributed by atoms with van der Waals surface area (Å²) in [6, 6.07) is 9.35. The van der Waals surface area contributed by atoms with Crippen LogP contribution in [0.25, 0.3) is 0 Å². The smallest absolute Gasteiger partial charge is 0.369 e. The number of nitrogens with zero attached hydrogens (tertiary/aromatic N) is 3. The van der Waals surface area contributed by atoms with Crippen LogP contribution >= 0.6 is 0 Å². The second-order valence-electron chi connectivity index (χ2n) is 8.96. The molecule has 0 saturated carbocycles. The van der Waals surface area contributed by atoms with E-state index in [0.29, 0.717) is 26.2 Å². The van der Waals surface area contributed by atoms with E-state index < -0.39 is 29.6 Å². The van der Waals surface area contributed by atoms with Crippen LogP contribution in [0.4, 0.5) is 28.9 Å². The summed E-state index contributed by atoms with van der Waals surface area (Å²) in [5.41, 5.74) is -0.0584. The van der Waals surface area contributed by atoms with Gasteiger partial charge in [-0.15, -0.1) is 0 Å². The van der Waals surface area contributed by atoms with Crippen LogP contribution in [-0.2, 0) is 20.6 Å². The normalized spacial score (nSPS) is 18.9. The van der Waals surface area contributed by atoms with Crippen LogP contribution in [0.3, 0.4) is 0 Å². The van der Waals surface area contributed by atoms with Crippen LogP contribution in [0, 0.1) is 5.82 Å². The summed E-state index contributed by atoms with van der Waals surface area (Å²) in [5.74, 6) is -1.77. The molecule has 0 aliphatic carbocycles. The van der Waals surface area contributed by atoms with Gasteiger partial charge >= 0.3 is 6.18 Å². The van der Waals surface area contributed by atoms with E-state index in [4.69, 9.17) is 0 Å². The van der Waals surface area contributed by atoms with Gasteiger partial charge in [0.25, 0.3) is 0 Å². The highest BCUT2D eigenvalue weighted by molar-refractivity contribution is 5.97. The van der Waals surface area contributed by atoms with Crippen molar-refractivity contribution in [2.75, 3.05) is 56.0 Å².